The number of hydrogen-bond donors (Lipinski definition) is 2. The average molecular weight is 427 g/mol. The fourth-order valence-corrected chi connectivity index (χ4v) is 2.76. The van der Waals surface area contributed by atoms with E-state index in [4.69, 9.17) is 15.0 Å². The normalized spacial score (nSPS) is 8.88. The second-order valence-corrected chi connectivity index (χ2v) is 5.88. The Morgan fingerprint density at radius 1 is 1.35 bits per heavy atom. The number of rotatable bonds is 2. The third-order valence-corrected chi connectivity index (χ3v) is 3.80. The first-order chi connectivity index (χ1) is 7.75. The first-order valence-corrected chi connectivity index (χ1v) is 7.03. The van der Waals surface area contributed by atoms with E-state index in [9.17, 15) is 14.9 Å². The molecule has 7 nitrogen and oxygen atoms in total. The fourth-order valence-electron chi connectivity index (χ4n) is 0.902. The van der Waals surface area contributed by atoms with Crippen LogP contribution in [0.2, 0.25) is 0 Å². The molecule has 1 aromatic carbocycles. The molecule has 0 aliphatic rings. The molecule has 0 saturated heterocycles. The van der Waals surface area contributed by atoms with Crippen molar-refractivity contribution in [1.29, 1.82) is 0 Å². The zero-order chi connectivity index (χ0) is 13.6. The van der Waals surface area contributed by atoms with Crippen molar-refractivity contribution in [2.45, 2.75) is 6.92 Å². The molecule has 0 heterocycles. The van der Waals surface area contributed by atoms with Crippen LogP contribution in [0.4, 0.5) is 5.69 Å². The molecule has 0 amide bonds. The molecule has 1 rings (SSSR count). The van der Waals surface area contributed by atoms with Crippen LogP contribution in [-0.2, 0) is 30.9 Å². The molecule has 8 heteroatoms. The monoisotopic (exact) mass is 428 g/mol. The van der Waals surface area contributed by atoms with Crippen molar-refractivity contribution >= 4 is 20.7 Å². The van der Waals surface area contributed by atoms with Crippen LogP contribution in [-0.4, -0.2) is 27.1 Å². The minimum atomic E-state index is -1.03. The van der Waals surface area contributed by atoms with E-state index in [0.29, 0.717) is 3.07 Å². The van der Waals surface area contributed by atoms with Crippen molar-refractivity contribution in [3.8, 4) is 0 Å². The van der Waals surface area contributed by atoms with Gasteiger partial charge in [-0.1, -0.05) is 0 Å². The molecule has 87 valence electrons. The maximum atomic E-state index is 10.6. The SMILES string of the molecule is CC(=O)O.O=C(O)c1ccc([N+](=O)[O-])c[c]1[Hg]. The van der Waals surface area contributed by atoms with Gasteiger partial charge in [0, 0.05) is 6.92 Å². The van der Waals surface area contributed by atoms with Crippen LogP contribution in [0.5, 0.6) is 0 Å². The van der Waals surface area contributed by atoms with Crippen LogP contribution in [0.25, 0.3) is 0 Å². The molecule has 0 unspecified atom stereocenters. The van der Waals surface area contributed by atoms with Crippen molar-refractivity contribution in [3.05, 3.63) is 33.9 Å². The molecule has 0 radical (unpaired) electrons. The van der Waals surface area contributed by atoms with E-state index in [1.165, 1.54) is 18.2 Å². The summed E-state index contributed by atoms with van der Waals surface area (Å²) in [5.74, 6) is -1.86. The molecule has 0 fully saturated rings. The van der Waals surface area contributed by atoms with Crippen molar-refractivity contribution in [2.24, 2.45) is 0 Å². The van der Waals surface area contributed by atoms with E-state index in [1.54, 1.807) is 0 Å². The van der Waals surface area contributed by atoms with Gasteiger partial charge in [-0.15, -0.1) is 0 Å². The van der Waals surface area contributed by atoms with Gasteiger partial charge in [-0.2, -0.15) is 0 Å². The van der Waals surface area contributed by atoms with Gasteiger partial charge < -0.3 is 5.11 Å². The van der Waals surface area contributed by atoms with Gasteiger partial charge in [-0.05, 0) is 0 Å². The molecular weight excluding hydrogens is 419 g/mol. The van der Waals surface area contributed by atoms with Gasteiger partial charge in [0.2, 0.25) is 0 Å². The first-order valence-electron chi connectivity index (χ1n) is 4.29. The molecule has 0 aromatic heterocycles. The molecule has 0 spiro atoms. The Hall–Kier alpha value is -1.50. The van der Waals surface area contributed by atoms with Crippen LogP contribution in [0.15, 0.2) is 18.2 Å². The second kappa shape index (κ2) is 6.95. The summed E-state index contributed by atoms with van der Waals surface area (Å²) in [6.45, 7) is 1.08. The molecule has 0 aliphatic heterocycles. The van der Waals surface area contributed by atoms with Crippen LogP contribution in [0.1, 0.15) is 17.3 Å². The standard InChI is InChI=1S/C7H4NO4.C2H4O2.Hg/c9-7(10)5-1-3-6(4-2-5)8(11)12;1-2(3)4;/h1,3-4H,(H,9,10);1H3,(H,3,4);. The van der Waals surface area contributed by atoms with Crippen molar-refractivity contribution < 1.29 is 50.8 Å². The van der Waals surface area contributed by atoms with E-state index in [2.05, 4.69) is 0 Å². The van der Waals surface area contributed by atoms with Crippen molar-refractivity contribution in [1.82, 2.24) is 0 Å². The van der Waals surface area contributed by atoms with E-state index in [1.807, 2.05) is 0 Å². The molecule has 2 N–H and O–H groups in total. The van der Waals surface area contributed by atoms with Gasteiger partial charge in [0.05, 0.1) is 0 Å². The predicted molar refractivity (Wildman–Crippen MR) is 53.0 cm³/mol. The Kier molecular flexibility index (Phi) is 6.33. The number of carboxylic acids is 2. The summed E-state index contributed by atoms with van der Waals surface area (Å²) < 4.78 is 0.585. The number of non-ortho nitro benzene ring substituents is 1. The van der Waals surface area contributed by atoms with E-state index >= 15 is 0 Å². The Morgan fingerprint density at radius 3 is 2.12 bits per heavy atom. The number of aliphatic carboxylic acids is 1. The Balaban J connectivity index is 0.000000557. The number of nitro groups is 1. The van der Waals surface area contributed by atoms with Crippen LogP contribution in [0, 0.1) is 10.1 Å². The third-order valence-electron chi connectivity index (χ3n) is 1.53. The van der Waals surface area contributed by atoms with E-state index < -0.39 is 16.9 Å². The van der Waals surface area contributed by atoms with Gasteiger partial charge in [0.15, 0.2) is 0 Å². The summed E-state index contributed by atoms with van der Waals surface area (Å²) in [4.78, 5) is 29.4. The number of hydrogen-bond acceptors (Lipinski definition) is 4. The van der Waals surface area contributed by atoms with Crippen LogP contribution < -0.4 is 3.07 Å². The van der Waals surface area contributed by atoms with Gasteiger partial charge in [-0.25, -0.2) is 0 Å². The summed E-state index contributed by atoms with van der Waals surface area (Å²) >= 11 is 0.0657. The molecule has 0 bridgehead atoms. The topological polar surface area (TPSA) is 118 Å². The Morgan fingerprint density at radius 2 is 1.82 bits per heavy atom. The summed E-state index contributed by atoms with van der Waals surface area (Å²) in [6, 6.07) is 3.81. The number of carboxylic acid groups (broad SMARTS) is 2. The number of nitro benzene ring substituents is 1. The van der Waals surface area contributed by atoms with Crippen LogP contribution >= 0.6 is 0 Å². The van der Waals surface area contributed by atoms with E-state index in [-0.39, 0.29) is 37.4 Å². The van der Waals surface area contributed by atoms with E-state index in [0.717, 1.165) is 6.92 Å². The fraction of sp³-hybridized carbons (Fsp3) is 0.111. The summed E-state index contributed by atoms with van der Waals surface area (Å²) in [5, 5.41) is 26.4. The first kappa shape index (κ1) is 15.5. The zero-order valence-electron chi connectivity index (χ0n) is 8.91. The van der Waals surface area contributed by atoms with Gasteiger partial charge in [0.25, 0.3) is 5.97 Å². The molecule has 0 atom stereocenters. The average Bonchev–Trinajstić information content (AvgIpc) is 2.15. The van der Waals surface area contributed by atoms with Crippen molar-refractivity contribution in [2.75, 3.05) is 0 Å². The Labute approximate surface area is 112 Å². The molecular formula is C9H8HgNO6. The predicted octanol–water partition coefficient (Wildman–Crippen LogP) is 0.556. The number of aromatic carboxylic acids is 1. The van der Waals surface area contributed by atoms with Gasteiger partial charge in [-0.3, -0.25) is 4.79 Å². The molecule has 17 heavy (non-hydrogen) atoms. The molecule has 0 saturated carbocycles. The quantitative estimate of drug-likeness (QED) is 0.405. The molecule has 0 aliphatic carbocycles. The summed E-state index contributed by atoms with van der Waals surface area (Å²) in [6.07, 6.45) is 0. The number of benzene rings is 1. The summed E-state index contributed by atoms with van der Waals surface area (Å²) in [7, 11) is 0. The maximum absolute atomic E-state index is 10.6. The molecule has 1 aromatic rings. The Bertz CT molecular complexity index is 455. The second-order valence-electron chi connectivity index (χ2n) is 2.92. The number of nitrogens with zero attached hydrogens (tertiary/aromatic N) is 1. The van der Waals surface area contributed by atoms with Gasteiger partial charge >= 0.3 is 89.6 Å². The zero-order valence-corrected chi connectivity index (χ0v) is 14.4. The van der Waals surface area contributed by atoms with Crippen LogP contribution in [0.3, 0.4) is 0 Å². The summed E-state index contributed by atoms with van der Waals surface area (Å²) in [5.41, 5.74) is 0.129. The minimum absolute atomic E-state index is 0.0463. The van der Waals surface area contributed by atoms with Crippen molar-refractivity contribution in [3.63, 3.8) is 0 Å². The van der Waals surface area contributed by atoms with Gasteiger partial charge in [0.1, 0.15) is 0 Å². The third kappa shape index (κ3) is 5.95. The number of carbonyl (C=O) groups is 2.